The molecule has 2 aliphatic heterocycles. The zero-order chi connectivity index (χ0) is 12.5. The van der Waals surface area contributed by atoms with Gasteiger partial charge in [-0.1, -0.05) is 12.1 Å². The number of anilines is 1. The van der Waals surface area contributed by atoms with Gasteiger partial charge in [-0.2, -0.15) is 0 Å². The van der Waals surface area contributed by atoms with Crippen LogP contribution in [0.1, 0.15) is 30.9 Å². The Kier molecular flexibility index (Phi) is 3.27. The minimum absolute atomic E-state index is 0.669. The first-order chi connectivity index (χ1) is 8.74. The Morgan fingerprint density at radius 1 is 1.22 bits per heavy atom. The molecule has 1 aromatic rings. The number of rotatable bonds is 3. The first-order valence-electron chi connectivity index (χ1n) is 7.06. The van der Waals surface area contributed by atoms with Gasteiger partial charge in [-0.25, -0.2) is 0 Å². The van der Waals surface area contributed by atoms with Gasteiger partial charge in [0.05, 0.1) is 0 Å². The summed E-state index contributed by atoms with van der Waals surface area (Å²) < 4.78 is 0. The molecule has 0 amide bonds. The van der Waals surface area contributed by atoms with Crippen molar-refractivity contribution in [1.29, 1.82) is 0 Å². The Hall–Kier alpha value is -1.06. The van der Waals surface area contributed by atoms with Crippen LogP contribution >= 0.6 is 0 Å². The molecule has 2 N–H and O–H groups in total. The molecule has 0 radical (unpaired) electrons. The normalized spacial score (nSPS) is 22.3. The molecule has 2 aliphatic rings. The van der Waals surface area contributed by atoms with E-state index >= 15 is 0 Å². The van der Waals surface area contributed by atoms with Crippen LogP contribution in [0.5, 0.6) is 0 Å². The average Bonchev–Trinajstić information content (AvgIpc) is 2.97. The summed E-state index contributed by atoms with van der Waals surface area (Å²) in [6.45, 7) is 8.18. The number of fused-ring (bicyclic) bond motifs is 1. The van der Waals surface area contributed by atoms with E-state index in [9.17, 15) is 0 Å². The van der Waals surface area contributed by atoms with Crippen LogP contribution in [0, 0.1) is 0 Å². The fourth-order valence-electron chi connectivity index (χ4n) is 3.32. The van der Waals surface area contributed by atoms with Crippen molar-refractivity contribution in [2.24, 2.45) is 0 Å². The molecule has 0 aliphatic carbocycles. The molecule has 1 atom stereocenters. The van der Waals surface area contributed by atoms with E-state index in [0.29, 0.717) is 6.04 Å². The topological polar surface area (TPSA) is 32.5 Å². The van der Waals surface area contributed by atoms with Crippen molar-refractivity contribution in [2.75, 3.05) is 25.4 Å². The maximum absolute atomic E-state index is 6.05. The molecule has 0 saturated carbocycles. The lowest BCUT2D eigenvalue weighted by molar-refractivity contribution is 0.172. The van der Waals surface area contributed by atoms with E-state index in [1.165, 1.54) is 37.1 Å². The summed E-state index contributed by atoms with van der Waals surface area (Å²) in [5.41, 5.74) is 9.78. The van der Waals surface area contributed by atoms with Crippen LogP contribution in [-0.2, 0) is 13.1 Å². The average molecular weight is 245 g/mol. The minimum atomic E-state index is 0.669. The van der Waals surface area contributed by atoms with Crippen LogP contribution < -0.4 is 5.73 Å². The third-order valence-corrected chi connectivity index (χ3v) is 4.37. The number of nitrogen functional groups attached to an aromatic ring is 1. The smallest absolute Gasteiger partial charge is 0.0363 e. The molecule has 0 aromatic heterocycles. The lowest BCUT2D eigenvalue weighted by Crippen LogP contribution is -2.39. The maximum atomic E-state index is 6.05. The van der Waals surface area contributed by atoms with E-state index in [-0.39, 0.29) is 0 Å². The fourth-order valence-corrected chi connectivity index (χ4v) is 3.32. The second-order valence-electron chi connectivity index (χ2n) is 5.75. The van der Waals surface area contributed by atoms with Crippen LogP contribution in [0.15, 0.2) is 18.2 Å². The lowest BCUT2D eigenvalue weighted by Gasteiger charge is -2.28. The van der Waals surface area contributed by atoms with E-state index < -0.39 is 0 Å². The molecule has 18 heavy (non-hydrogen) atoms. The molecule has 2 heterocycles. The Labute approximate surface area is 110 Å². The molecule has 3 heteroatoms. The summed E-state index contributed by atoms with van der Waals surface area (Å²) in [5, 5.41) is 0. The molecule has 0 bridgehead atoms. The van der Waals surface area contributed by atoms with Gasteiger partial charge in [0, 0.05) is 31.4 Å². The van der Waals surface area contributed by atoms with Gasteiger partial charge in [-0.05, 0) is 50.0 Å². The third-order valence-electron chi connectivity index (χ3n) is 4.37. The van der Waals surface area contributed by atoms with Crippen LogP contribution in [0.2, 0.25) is 0 Å². The molecular weight excluding hydrogens is 222 g/mol. The second-order valence-corrected chi connectivity index (χ2v) is 5.75. The van der Waals surface area contributed by atoms with Crippen molar-refractivity contribution < 1.29 is 0 Å². The van der Waals surface area contributed by atoms with Gasteiger partial charge in [0.1, 0.15) is 0 Å². The molecule has 1 unspecified atom stereocenters. The summed E-state index contributed by atoms with van der Waals surface area (Å²) in [4.78, 5) is 5.15. The van der Waals surface area contributed by atoms with E-state index in [1.54, 1.807) is 0 Å². The summed E-state index contributed by atoms with van der Waals surface area (Å²) in [7, 11) is 0. The van der Waals surface area contributed by atoms with Gasteiger partial charge in [-0.3, -0.25) is 9.80 Å². The Balaban J connectivity index is 1.62. The molecule has 0 spiro atoms. The van der Waals surface area contributed by atoms with E-state index in [4.69, 9.17) is 5.73 Å². The number of hydrogen-bond acceptors (Lipinski definition) is 3. The summed E-state index contributed by atoms with van der Waals surface area (Å²) in [6, 6.07) is 6.98. The molecule has 3 nitrogen and oxygen atoms in total. The Bertz CT molecular complexity index is 424. The molecule has 3 rings (SSSR count). The predicted octanol–water partition coefficient (Wildman–Crippen LogP) is 2.07. The predicted molar refractivity (Wildman–Crippen MR) is 75.2 cm³/mol. The maximum Gasteiger partial charge on any atom is 0.0363 e. The van der Waals surface area contributed by atoms with Crippen LogP contribution in [-0.4, -0.2) is 35.5 Å². The highest BCUT2D eigenvalue weighted by Gasteiger charge is 2.25. The van der Waals surface area contributed by atoms with E-state index in [1.807, 2.05) is 6.07 Å². The first-order valence-corrected chi connectivity index (χ1v) is 7.06. The highest BCUT2D eigenvalue weighted by Crippen LogP contribution is 2.28. The number of likely N-dealkylation sites (tertiary alicyclic amines) is 1. The fraction of sp³-hybridized carbons (Fsp3) is 0.600. The number of hydrogen-bond donors (Lipinski definition) is 1. The molecule has 1 aromatic carbocycles. The highest BCUT2D eigenvalue weighted by molar-refractivity contribution is 5.52. The Morgan fingerprint density at radius 3 is 2.72 bits per heavy atom. The number of benzene rings is 1. The molecule has 1 fully saturated rings. The quantitative estimate of drug-likeness (QED) is 0.827. The zero-order valence-electron chi connectivity index (χ0n) is 11.2. The monoisotopic (exact) mass is 245 g/mol. The number of nitrogens with two attached hydrogens (primary N) is 1. The minimum Gasteiger partial charge on any atom is -0.398 e. The first kappa shape index (κ1) is 12.0. The van der Waals surface area contributed by atoms with Crippen LogP contribution in [0.4, 0.5) is 5.69 Å². The van der Waals surface area contributed by atoms with Gasteiger partial charge in [0.25, 0.3) is 0 Å². The molecular formula is C15H23N3. The largest absolute Gasteiger partial charge is 0.398 e. The van der Waals surface area contributed by atoms with Crippen molar-refractivity contribution in [3.63, 3.8) is 0 Å². The standard InChI is InChI=1S/C15H23N3/c1-12(18-7-2-3-8-18)9-17-10-13-5-4-6-15(16)14(13)11-17/h4-6,12H,2-3,7-11,16H2,1H3. The van der Waals surface area contributed by atoms with E-state index in [0.717, 1.165) is 25.3 Å². The van der Waals surface area contributed by atoms with Crippen LogP contribution in [0.3, 0.4) is 0 Å². The highest BCUT2D eigenvalue weighted by atomic mass is 15.2. The third kappa shape index (κ3) is 2.25. The zero-order valence-corrected chi connectivity index (χ0v) is 11.2. The SMILES string of the molecule is CC(CN1Cc2cccc(N)c2C1)N1CCCC1. The van der Waals surface area contributed by atoms with Gasteiger partial charge < -0.3 is 5.73 Å². The van der Waals surface area contributed by atoms with Gasteiger partial charge >= 0.3 is 0 Å². The van der Waals surface area contributed by atoms with Gasteiger partial charge in [-0.15, -0.1) is 0 Å². The van der Waals surface area contributed by atoms with E-state index in [2.05, 4.69) is 28.9 Å². The summed E-state index contributed by atoms with van der Waals surface area (Å²) in [5.74, 6) is 0. The number of nitrogens with zero attached hydrogens (tertiary/aromatic N) is 2. The van der Waals surface area contributed by atoms with Gasteiger partial charge in [0.2, 0.25) is 0 Å². The molecule has 1 saturated heterocycles. The molecule has 98 valence electrons. The summed E-state index contributed by atoms with van der Waals surface area (Å²) in [6.07, 6.45) is 2.75. The van der Waals surface area contributed by atoms with Crippen molar-refractivity contribution in [3.05, 3.63) is 29.3 Å². The van der Waals surface area contributed by atoms with Crippen molar-refractivity contribution >= 4 is 5.69 Å². The summed E-state index contributed by atoms with van der Waals surface area (Å²) >= 11 is 0. The van der Waals surface area contributed by atoms with Crippen molar-refractivity contribution in [3.8, 4) is 0 Å². The van der Waals surface area contributed by atoms with Crippen LogP contribution in [0.25, 0.3) is 0 Å². The second kappa shape index (κ2) is 4.90. The van der Waals surface area contributed by atoms with Crippen molar-refractivity contribution in [2.45, 2.75) is 38.9 Å². The van der Waals surface area contributed by atoms with Crippen molar-refractivity contribution in [1.82, 2.24) is 9.80 Å². The Morgan fingerprint density at radius 2 is 2.00 bits per heavy atom. The van der Waals surface area contributed by atoms with Gasteiger partial charge in [0.15, 0.2) is 0 Å². The lowest BCUT2D eigenvalue weighted by atomic mass is 10.1.